The Morgan fingerprint density at radius 2 is 1.28 bits per heavy atom. The van der Waals surface area contributed by atoms with Crippen molar-refractivity contribution in [1.29, 1.82) is 0 Å². The minimum Gasteiger partial charge on any atom is -0.457 e. The molecule has 2 aromatic rings. The Balaban J connectivity index is 2.54. The van der Waals surface area contributed by atoms with E-state index < -0.39 is 28.9 Å². The van der Waals surface area contributed by atoms with E-state index >= 15 is 0 Å². The van der Waals surface area contributed by atoms with Gasteiger partial charge in [-0.25, -0.2) is 4.79 Å². The highest BCUT2D eigenvalue weighted by molar-refractivity contribution is 5.85. The average Bonchev–Trinajstić information content (AvgIpc) is 2.52. The highest BCUT2D eigenvalue weighted by atomic mass is 19.4. The van der Waals surface area contributed by atoms with E-state index in [1.807, 2.05) is 0 Å². The summed E-state index contributed by atoms with van der Waals surface area (Å²) in [7, 11) is 0. The zero-order chi connectivity index (χ0) is 18.9. The van der Waals surface area contributed by atoms with Crippen LogP contribution in [-0.4, -0.2) is 16.7 Å². The Bertz CT molecular complexity index is 731. The number of ether oxygens (including phenoxy) is 1. The van der Waals surface area contributed by atoms with Crippen LogP contribution < -0.4 is 0 Å². The number of alkyl halides is 3. The predicted octanol–water partition coefficient (Wildman–Crippen LogP) is 4.28. The molecule has 3 nitrogen and oxygen atoms in total. The van der Waals surface area contributed by atoms with Crippen LogP contribution in [0.1, 0.15) is 37.5 Å². The number of aliphatic hydroxyl groups is 1. The summed E-state index contributed by atoms with van der Waals surface area (Å²) in [6, 6.07) is 11.8. The third kappa shape index (κ3) is 4.20. The summed E-state index contributed by atoms with van der Waals surface area (Å²) in [5.74, 6) is -0.953. The number of carbonyl (C=O) groups excluding carboxylic acids is 1. The van der Waals surface area contributed by atoms with E-state index in [9.17, 15) is 23.1 Å². The van der Waals surface area contributed by atoms with Crippen LogP contribution >= 0.6 is 0 Å². The molecule has 1 atom stereocenters. The number of halogens is 3. The summed E-state index contributed by atoms with van der Waals surface area (Å²) in [6.45, 7) is 4.93. The minimum absolute atomic E-state index is 0.000880. The van der Waals surface area contributed by atoms with Gasteiger partial charge in [0.1, 0.15) is 5.60 Å². The quantitative estimate of drug-likeness (QED) is 0.839. The normalized spacial score (nSPS) is 14.7. The summed E-state index contributed by atoms with van der Waals surface area (Å²) in [6.07, 6.45) is -4.50. The first-order valence-electron chi connectivity index (χ1n) is 7.63. The van der Waals surface area contributed by atoms with Crippen molar-refractivity contribution in [3.8, 4) is 0 Å². The number of carbonyl (C=O) groups is 1. The van der Waals surface area contributed by atoms with Crippen molar-refractivity contribution in [2.75, 3.05) is 0 Å². The molecule has 0 fully saturated rings. The predicted molar refractivity (Wildman–Crippen MR) is 86.7 cm³/mol. The highest BCUT2D eigenvalue weighted by Gasteiger charge is 2.43. The lowest BCUT2D eigenvalue weighted by Crippen LogP contribution is -2.42. The monoisotopic (exact) mass is 352 g/mol. The fourth-order valence-corrected chi connectivity index (χ4v) is 2.33. The Labute approximate surface area is 144 Å². The van der Waals surface area contributed by atoms with Crippen molar-refractivity contribution >= 4 is 5.97 Å². The molecule has 134 valence electrons. The molecule has 0 saturated carbocycles. The third-order valence-corrected chi connectivity index (χ3v) is 3.52. The summed E-state index contributed by atoms with van der Waals surface area (Å²) < 4.78 is 43.6. The molecule has 1 N–H and O–H groups in total. The molecule has 0 saturated heterocycles. The summed E-state index contributed by atoms with van der Waals surface area (Å²) in [4.78, 5) is 12.7. The van der Waals surface area contributed by atoms with Gasteiger partial charge in [0.15, 0.2) is 0 Å². The van der Waals surface area contributed by atoms with Gasteiger partial charge in [-0.05, 0) is 44.0 Å². The molecule has 2 aromatic carbocycles. The molecule has 6 heteroatoms. The second-order valence-corrected chi connectivity index (χ2v) is 6.65. The zero-order valence-corrected chi connectivity index (χ0v) is 14.1. The van der Waals surface area contributed by atoms with E-state index in [0.717, 1.165) is 24.3 Å². The lowest BCUT2D eigenvalue weighted by atomic mass is 9.85. The van der Waals surface area contributed by atoms with Crippen molar-refractivity contribution in [2.45, 2.75) is 38.1 Å². The maximum atomic E-state index is 12.8. The van der Waals surface area contributed by atoms with E-state index in [4.69, 9.17) is 4.74 Å². The maximum Gasteiger partial charge on any atom is 0.416 e. The van der Waals surface area contributed by atoms with Gasteiger partial charge in [-0.1, -0.05) is 42.5 Å². The van der Waals surface area contributed by atoms with E-state index in [-0.39, 0.29) is 11.1 Å². The maximum absolute atomic E-state index is 12.8. The summed E-state index contributed by atoms with van der Waals surface area (Å²) in [5.41, 5.74) is -3.73. The van der Waals surface area contributed by atoms with Crippen LogP contribution in [-0.2, 0) is 21.3 Å². The molecule has 0 aliphatic rings. The number of hydrogen-bond acceptors (Lipinski definition) is 3. The van der Waals surface area contributed by atoms with Crippen LogP contribution in [0.25, 0.3) is 0 Å². The van der Waals surface area contributed by atoms with E-state index in [2.05, 4.69) is 0 Å². The van der Waals surface area contributed by atoms with Gasteiger partial charge in [0.2, 0.25) is 5.60 Å². The molecule has 0 heterocycles. The lowest BCUT2D eigenvalue weighted by Gasteiger charge is -2.31. The third-order valence-electron chi connectivity index (χ3n) is 3.52. The van der Waals surface area contributed by atoms with Crippen LogP contribution in [0.5, 0.6) is 0 Å². The smallest absolute Gasteiger partial charge is 0.416 e. The molecular formula is C19H19F3O3. The van der Waals surface area contributed by atoms with Gasteiger partial charge in [-0.3, -0.25) is 0 Å². The van der Waals surface area contributed by atoms with Gasteiger partial charge in [0.05, 0.1) is 5.56 Å². The van der Waals surface area contributed by atoms with Crippen LogP contribution in [0.2, 0.25) is 0 Å². The fourth-order valence-electron chi connectivity index (χ4n) is 2.33. The molecule has 0 unspecified atom stereocenters. The molecule has 25 heavy (non-hydrogen) atoms. The Hall–Kier alpha value is -2.34. The minimum atomic E-state index is -4.50. The Morgan fingerprint density at radius 3 is 1.72 bits per heavy atom. The number of benzene rings is 2. The zero-order valence-electron chi connectivity index (χ0n) is 14.1. The van der Waals surface area contributed by atoms with E-state index in [1.54, 1.807) is 39.0 Å². The molecule has 0 radical (unpaired) electrons. The van der Waals surface area contributed by atoms with Crippen molar-refractivity contribution in [3.05, 3.63) is 71.3 Å². The standard InChI is InChI=1S/C19H19F3O3/c1-17(2,3)25-16(23)18(24,13-7-5-4-6-8-13)14-9-11-15(12-10-14)19(20,21)22/h4-12,24H,1-3H3/t18-/m1/s1. The number of esters is 1. The van der Waals surface area contributed by atoms with E-state index in [0.29, 0.717) is 0 Å². The van der Waals surface area contributed by atoms with Crippen LogP contribution in [0.15, 0.2) is 54.6 Å². The van der Waals surface area contributed by atoms with Crippen molar-refractivity contribution in [1.82, 2.24) is 0 Å². The van der Waals surface area contributed by atoms with Gasteiger partial charge in [0.25, 0.3) is 0 Å². The van der Waals surface area contributed by atoms with Crippen LogP contribution in [0.3, 0.4) is 0 Å². The first kappa shape index (κ1) is 19.0. The van der Waals surface area contributed by atoms with Crippen LogP contribution in [0, 0.1) is 0 Å². The van der Waals surface area contributed by atoms with Gasteiger partial charge < -0.3 is 9.84 Å². The SMILES string of the molecule is CC(C)(C)OC(=O)[C@@](O)(c1ccccc1)c1ccc(C(F)(F)F)cc1. The van der Waals surface area contributed by atoms with Crippen LogP contribution in [0.4, 0.5) is 13.2 Å². The van der Waals surface area contributed by atoms with Gasteiger partial charge in [0, 0.05) is 0 Å². The molecule has 2 rings (SSSR count). The second kappa shape index (κ2) is 6.52. The van der Waals surface area contributed by atoms with E-state index in [1.165, 1.54) is 12.1 Å². The Morgan fingerprint density at radius 1 is 0.840 bits per heavy atom. The average molecular weight is 352 g/mol. The largest absolute Gasteiger partial charge is 0.457 e. The Kier molecular flexibility index (Phi) is 4.95. The van der Waals surface area contributed by atoms with Gasteiger partial charge in [-0.15, -0.1) is 0 Å². The van der Waals surface area contributed by atoms with Crippen molar-refractivity contribution < 1.29 is 27.8 Å². The van der Waals surface area contributed by atoms with Crippen molar-refractivity contribution in [3.63, 3.8) is 0 Å². The first-order valence-corrected chi connectivity index (χ1v) is 7.63. The molecule has 0 amide bonds. The molecule has 0 bridgehead atoms. The lowest BCUT2D eigenvalue weighted by molar-refractivity contribution is -0.173. The molecule has 0 spiro atoms. The molecule has 0 aliphatic heterocycles. The van der Waals surface area contributed by atoms with Gasteiger partial charge >= 0.3 is 12.1 Å². The summed E-state index contributed by atoms with van der Waals surface area (Å²) in [5, 5.41) is 11.1. The molecular weight excluding hydrogens is 333 g/mol. The van der Waals surface area contributed by atoms with Crippen molar-refractivity contribution in [2.24, 2.45) is 0 Å². The second-order valence-electron chi connectivity index (χ2n) is 6.65. The highest BCUT2D eigenvalue weighted by Crippen LogP contribution is 2.35. The first-order chi connectivity index (χ1) is 11.4. The molecule has 0 aromatic heterocycles. The van der Waals surface area contributed by atoms with Gasteiger partial charge in [-0.2, -0.15) is 13.2 Å². The number of hydrogen-bond donors (Lipinski definition) is 1. The fraction of sp³-hybridized carbons (Fsp3) is 0.316. The molecule has 0 aliphatic carbocycles. The topological polar surface area (TPSA) is 46.5 Å². The summed E-state index contributed by atoms with van der Waals surface area (Å²) >= 11 is 0. The number of rotatable bonds is 3.